The van der Waals surface area contributed by atoms with Crippen molar-refractivity contribution in [1.29, 1.82) is 0 Å². The van der Waals surface area contributed by atoms with E-state index in [2.05, 4.69) is 10.3 Å². The fraction of sp³-hybridized carbons (Fsp3) is 0.909. The smallest absolute Gasteiger partial charge is 0.390 e. The van der Waals surface area contributed by atoms with E-state index in [1.165, 1.54) is 0 Å². The molecule has 0 bridgehead atoms. The van der Waals surface area contributed by atoms with Crippen molar-refractivity contribution < 1.29 is 30.0 Å². The molecule has 17 heavy (non-hydrogen) atoms. The average Bonchev–Trinajstić information content (AvgIpc) is 1.99. The van der Waals surface area contributed by atoms with E-state index in [4.69, 9.17) is 0 Å². The van der Waals surface area contributed by atoms with Crippen LogP contribution in [0.1, 0.15) is 47.5 Å². The molecule has 0 amide bonds. The molecular formula is C11H20CoF3N2-. The Hall–Kier alpha value is -0.234. The summed E-state index contributed by atoms with van der Waals surface area (Å²) < 4.78 is 37.0. The second-order valence-electron chi connectivity index (χ2n) is 4.80. The Morgan fingerprint density at radius 1 is 1.24 bits per heavy atom. The van der Waals surface area contributed by atoms with Crippen LogP contribution in [-0.2, 0) is 16.8 Å². The molecule has 0 fully saturated rings. The maximum atomic E-state index is 12.3. The molecule has 105 valence electrons. The quantitative estimate of drug-likeness (QED) is 0.548. The van der Waals surface area contributed by atoms with Gasteiger partial charge in [0.05, 0.1) is 6.04 Å². The number of rotatable bonds is 3. The summed E-state index contributed by atoms with van der Waals surface area (Å²) in [7, 11) is 0. The van der Waals surface area contributed by atoms with Crippen LogP contribution < -0.4 is 0 Å². The minimum Gasteiger partial charge on any atom is -0.463 e. The average molecular weight is 296 g/mol. The Morgan fingerprint density at radius 3 is 2.00 bits per heavy atom. The number of halogens is 3. The minimum absolute atomic E-state index is 0. The molecule has 0 heterocycles. The normalized spacial score (nSPS) is 15.2. The number of nitrogens with zero attached hydrogens (tertiary/aromatic N) is 2. The van der Waals surface area contributed by atoms with Crippen LogP contribution >= 0.6 is 0 Å². The van der Waals surface area contributed by atoms with Crippen LogP contribution in [0.15, 0.2) is 4.99 Å². The van der Waals surface area contributed by atoms with Gasteiger partial charge in [-0.25, -0.2) is 0 Å². The first-order valence-corrected chi connectivity index (χ1v) is 5.42. The first kappa shape index (κ1) is 19.1. The third-order valence-electron chi connectivity index (χ3n) is 1.75. The van der Waals surface area contributed by atoms with Gasteiger partial charge in [0.1, 0.15) is 0 Å². The Labute approximate surface area is 112 Å². The van der Waals surface area contributed by atoms with Crippen molar-refractivity contribution in [3.63, 3.8) is 0 Å². The Bertz CT molecular complexity index is 244. The van der Waals surface area contributed by atoms with Crippen molar-refractivity contribution in [3.8, 4) is 0 Å². The summed E-state index contributed by atoms with van der Waals surface area (Å²) in [5, 5.41) is 3.65. The largest absolute Gasteiger partial charge is 0.463 e. The van der Waals surface area contributed by atoms with Crippen LogP contribution in [0.5, 0.6) is 0 Å². The molecule has 0 spiro atoms. The zero-order valence-corrected chi connectivity index (χ0v) is 11.9. The first-order valence-electron chi connectivity index (χ1n) is 5.42. The molecule has 0 rings (SSSR count). The SMILES string of the molecule is CCCC(=NC(C)(C)C)[N-]C(C)C(F)(F)F.[Co]. The molecule has 0 aromatic rings. The molecule has 2 nitrogen and oxygen atoms in total. The molecule has 6 heteroatoms. The molecule has 0 aromatic carbocycles. The fourth-order valence-corrected chi connectivity index (χ4v) is 1.06. The van der Waals surface area contributed by atoms with E-state index in [9.17, 15) is 13.2 Å². The predicted molar refractivity (Wildman–Crippen MR) is 61.0 cm³/mol. The zero-order valence-electron chi connectivity index (χ0n) is 10.9. The van der Waals surface area contributed by atoms with Gasteiger partial charge in [-0.05, 0) is 12.0 Å². The number of amidine groups is 1. The van der Waals surface area contributed by atoms with Gasteiger partial charge in [0, 0.05) is 16.8 Å². The molecule has 1 radical (unpaired) electrons. The molecule has 0 saturated heterocycles. The van der Waals surface area contributed by atoms with Crippen LogP contribution in [0.25, 0.3) is 5.32 Å². The summed E-state index contributed by atoms with van der Waals surface area (Å²) >= 11 is 0. The molecule has 0 aliphatic heterocycles. The van der Waals surface area contributed by atoms with Crippen LogP contribution in [-0.4, -0.2) is 23.6 Å². The van der Waals surface area contributed by atoms with E-state index in [0.717, 1.165) is 13.3 Å². The Kier molecular flexibility index (Phi) is 8.16. The van der Waals surface area contributed by atoms with E-state index in [1.807, 2.05) is 27.7 Å². The van der Waals surface area contributed by atoms with Gasteiger partial charge in [0.15, 0.2) is 0 Å². The van der Waals surface area contributed by atoms with Gasteiger partial charge in [0.2, 0.25) is 0 Å². The Balaban J connectivity index is 0. The third kappa shape index (κ3) is 9.47. The number of aliphatic imine (C=N–C) groups is 1. The summed E-state index contributed by atoms with van der Waals surface area (Å²) in [6.07, 6.45) is -3.06. The van der Waals surface area contributed by atoms with Gasteiger partial charge in [-0.3, -0.25) is 0 Å². The topological polar surface area (TPSA) is 26.5 Å². The summed E-state index contributed by atoms with van der Waals surface area (Å²) in [5.41, 5.74) is -0.390. The predicted octanol–water partition coefficient (Wildman–Crippen LogP) is 4.31. The van der Waals surface area contributed by atoms with Crippen molar-refractivity contribution in [3.05, 3.63) is 5.32 Å². The van der Waals surface area contributed by atoms with E-state index < -0.39 is 12.2 Å². The van der Waals surface area contributed by atoms with Gasteiger partial charge in [-0.15, -0.1) is 0 Å². The number of hydrogen-bond acceptors (Lipinski definition) is 1. The van der Waals surface area contributed by atoms with Crippen LogP contribution in [0.4, 0.5) is 13.2 Å². The summed E-state index contributed by atoms with van der Waals surface area (Å²) in [4.78, 5) is 4.20. The molecule has 0 N–H and O–H groups in total. The van der Waals surface area contributed by atoms with Gasteiger partial charge in [0.25, 0.3) is 0 Å². The van der Waals surface area contributed by atoms with Crippen molar-refractivity contribution in [2.24, 2.45) is 4.99 Å². The zero-order chi connectivity index (χ0) is 13.0. The van der Waals surface area contributed by atoms with Crippen molar-refractivity contribution >= 4 is 5.84 Å². The van der Waals surface area contributed by atoms with Gasteiger partial charge in [-0.1, -0.05) is 46.9 Å². The van der Waals surface area contributed by atoms with Crippen molar-refractivity contribution in [2.75, 3.05) is 0 Å². The van der Waals surface area contributed by atoms with Gasteiger partial charge < -0.3 is 10.3 Å². The molecule has 0 aliphatic carbocycles. The maximum absolute atomic E-state index is 12.3. The number of alkyl halides is 3. The summed E-state index contributed by atoms with van der Waals surface area (Å²) in [5.74, 6) is 0.305. The second kappa shape index (κ2) is 7.26. The van der Waals surface area contributed by atoms with Crippen LogP contribution in [0.3, 0.4) is 0 Å². The van der Waals surface area contributed by atoms with E-state index >= 15 is 0 Å². The maximum Gasteiger partial charge on any atom is 0.390 e. The van der Waals surface area contributed by atoms with Crippen LogP contribution in [0.2, 0.25) is 0 Å². The van der Waals surface area contributed by atoms with Gasteiger partial charge in [-0.2, -0.15) is 13.2 Å². The minimum atomic E-state index is -4.29. The summed E-state index contributed by atoms with van der Waals surface area (Å²) in [6, 6.07) is -1.68. The summed E-state index contributed by atoms with van der Waals surface area (Å²) in [6.45, 7) is 8.48. The van der Waals surface area contributed by atoms with Crippen molar-refractivity contribution in [1.82, 2.24) is 0 Å². The van der Waals surface area contributed by atoms with E-state index in [1.54, 1.807) is 0 Å². The Morgan fingerprint density at radius 2 is 1.71 bits per heavy atom. The van der Waals surface area contributed by atoms with E-state index in [0.29, 0.717) is 12.3 Å². The molecular weight excluding hydrogens is 276 g/mol. The van der Waals surface area contributed by atoms with E-state index in [-0.39, 0.29) is 22.3 Å². The van der Waals surface area contributed by atoms with Crippen molar-refractivity contribution in [2.45, 2.75) is 65.2 Å². The fourth-order valence-electron chi connectivity index (χ4n) is 1.06. The number of hydrogen-bond donors (Lipinski definition) is 0. The molecule has 0 aliphatic rings. The third-order valence-corrected chi connectivity index (χ3v) is 1.75. The second-order valence-corrected chi connectivity index (χ2v) is 4.80. The monoisotopic (exact) mass is 296 g/mol. The molecule has 1 unspecified atom stereocenters. The first-order chi connectivity index (χ1) is 7.06. The molecule has 0 aromatic heterocycles. The molecule has 1 atom stereocenters. The molecule has 0 saturated carbocycles. The van der Waals surface area contributed by atoms with Crippen LogP contribution in [0, 0.1) is 0 Å². The van der Waals surface area contributed by atoms with Gasteiger partial charge >= 0.3 is 6.18 Å². The standard InChI is InChI=1S/C11H20F3N2.Co/c1-6-7-9(16-10(3,4)5)15-8(2)11(12,13)14;/h8H,6-7H2,1-5H3;/q-1;.